The van der Waals surface area contributed by atoms with Crippen LogP contribution in [0.15, 0.2) is 35.8 Å². The first-order valence-electron chi connectivity index (χ1n) is 6.88. The highest BCUT2D eigenvalue weighted by Crippen LogP contribution is 2.32. The standard InChI is InChI=1S/C15H15N3S2/c1-5-12-14(16-7-1)18(10-11-4-2-8-19-11)15(17-12)13-6-3-9-20-13/h1,3,5-7,9,11H,2,4,8,10H2. The molecule has 0 saturated carbocycles. The Labute approximate surface area is 126 Å². The summed E-state index contributed by atoms with van der Waals surface area (Å²) in [4.78, 5) is 10.6. The Hall–Kier alpha value is -1.33. The number of fused-ring (bicyclic) bond motifs is 1. The van der Waals surface area contributed by atoms with Crippen molar-refractivity contribution in [3.05, 3.63) is 35.8 Å². The summed E-state index contributed by atoms with van der Waals surface area (Å²) in [6.07, 6.45) is 4.51. The minimum absolute atomic E-state index is 0.702. The Bertz CT molecular complexity index is 712. The van der Waals surface area contributed by atoms with E-state index in [0.29, 0.717) is 5.25 Å². The molecule has 3 aromatic rings. The van der Waals surface area contributed by atoms with Gasteiger partial charge in [0.05, 0.1) is 4.88 Å². The maximum absolute atomic E-state index is 4.80. The van der Waals surface area contributed by atoms with Crippen molar-refractivity contribution in [1.82, 2.24) is 14.5 Å². The van der Waals surface area contributed by atoms with Gasteiger partial charge in [0.15, 0.2) is 11.5 Å². The molecule has 1 aliphatic heterocycles. The zero-order valence-corrected chi connectivity index (χ0v) is 12.7. The van der Waals surface area contributed by atoms with Crippen LogP contribution in [0.4, 0.5) is 0 Å². The molecule has 20 heavy (non-hydrogen) atoms. The highest BCUT2D eigenvalue weighted by atomic mass is 32.2. The normalized spacial score (nSPS) is 18.9. The van der Waals surface area contributed by atoms with E-state index in [1.165, 1.54) is 23.5 Å². The Morgan fingerprint density at radius 2 is 2.30 bits per heavy atom. The van der Waals surface area contributed by atoms with Crippen LogP contribution in [0.5, 0.6) is 0 Å². The van der Waals surface area contributed by atoms with Crippen LogP contribution in [-0.4, -0.2) is 25.5 Å². The largest absolute Gasteiger partial charge is 0.307 e. The second-order valence-electron chi connectivity index (χ2n) is 5.00. The van der Waals surface area contributed by atoms with Crippen molar-refractivity contribution in [2.75, 3.05) is 5.75 Å². The lowest BCUT2D eigenvalue weighted by Crippen LogP contribution is -2.11. The number of imidazole rings is 1. The molecular formula is C15H15N3S2. The van der Waals surface area contributed by atoms with E-state index >= 15 is 0 Å². The minimum Gasteiger partial charge on any atom is -0.307 e. The van der Waals surface area contributed by atoms with Crippen molar-refractivity contribution in [3.8, 4) is 10.7 Å². The van der Waals surface area contributed by atoms with Gasteiger partial charge in [0, 0.05) is 18.0 Å². The molecule has 3 aromatic heterocycles. The molecule has 3 nitrogen and oxygen atoms in total. The minimum atomic E-state index is 0.702. The molecule has 0 aliphatic carbocycles. The maximum atomic E-state index is 4.80. The molecule has 1 fully saturated rings. The monoisotopic (exact) mass is 301 g/mol. The molecule has 0 radical (unpaired) electrons. The fraction of sp³-hybridized carbons (Fsp3) is 0.333. The second-order valence-corrected chi connectivity index (χ2v) is 7.36. The molecular weight excluding hydrogens is 286 g/mol. The second kappa shape index (κ2) is 5.22. The van der Waals surface area contributed by atoms with E-state index in [1.807, 2.05) is 12.3 Å². The van der Waals surface area contributed by atoms with Gasteiger partial charge in [-0.15, -0.1) is 11.3 Å². The third kappa shape index (κ3) is 2.15. The number of hydrogen-bond acceptors (Lipinski definition) is 4. The van der Waals surface area contributed by atoms with Gasteiger partial charge in [0.1, 0.15) is 5.52 Å². The molecule has 1 unspecified atom stereocenters. The van der Waals surface area contributed by atoms with Crippen molar-refractivity contribution in [3.63, 3.8) is 0 Å². The Balaban J connectivity index is 1.84. The summed E-state index contributed by atoms with van der Waals surface area (Å²) >= 11 is 3.83. The number of aromatic nitrogens is 3. The smallest absolute Gasteiger partial charge is 0.160 e. The van der Waals surface area contributed by atoms with Gasteiger partial charge in [-0.05, 0) is 42.2 Å². The van der Waals surface area contributed by atoms with Crippen LogP contribution in [0.1, 0.15) is 12.8 Å². The van der Waals surface area contributed by atoms with E-state index in [0.717, 1.165) is 23.5 Å². The predicted molar refractivity (Wildman–Crippen MR) is 86.3 cm³/mol. The summed E-state index contributed by atoms with van der Waals surface area (Å²) in [7, 11) is 0. The Kier molecular flexibility index (Phi) is 3.24. The molecule has 0 bridgehead atoms. The Morgan fingerprint density at radius 3 is 3.10 bits per heavy atom. The topological polar surface area (TPSA) is 30.7 Å². The molecule has 4 rings (SSSR count). The summed E-state index contributed by atoms with van der Waals surface area (Å²) < 4.78 is 2.31. The number of hydrogen-bond donors (Lipinski definition) is 0. The third-order valence-electron chi connectivity index (χ3n) is 3.66. The van der Waals surface area contributed by atoms with E-state index in [2.05, 4.69) is 44.9 Å². The van der Waals surface area contributed by atoms with Crippen LogP contribution in [-0.2, 0) is 6.54 Å². The van der Waals surface area contributed by atoms with E-state index in [-0.39, 0.29) is 0 Å². The van der Waals surface area contributed by atoms with Gasteiger partial charge in [-0.25, -0.2) is 9.97 Å². The van der Waals surface area contributed by atoms with Crippen LogP contribution in [0.25, 0.3) is 21.9 Å². The first-order valence-corrected chi connectivity index (χ1v) is 8.81. The van der Waals surface area contributed by atoms with Gasteiger partial charge in [-0.2, -0.15) is 11.8 Å². The summed E-state index contributed by atoms with van der Waals surface area (Å²) in [6.45, 7) is 1.02. The van der Waals surface area contributed by atoms with Crippen LogP contribution in [0.3, 0.4) is 0 Å². The summed E-state index contributed by atoms with van der Waals surface area (Å²) in [5, 5.41) is 2.81. The van der Waals surface area contributed by atoms with E-state index in [9.17, 15) is 0 Å². The zero-order chi connectivity index (χ0) is 13.4. The fourth-order valence-corrected chi connectivity index (χ4v) is 4.69. The molecule has 1 atom stereocenters. The summed E-state index contributed by atoms with van der Waals surface area (Å²) in [6, 6.07) is 8.24. The average Bonchev–Trinajstić information content (AvgIpc) is 3.19. The molecule has 1 aliphatic rings. The molecule has 4 heterocycles. The van der Waals surface area contributed by atoms with Gasteiger partial charge in [0.25, 0.3) is 0 Å². The SMILES string of the molecule is c1csc(-c2nc3cccnc3n2CC2CCCS2)c1. The van der Waals surface area contributed by atoms with Gasteiger partial charge >= 0.3 is 0 Å². The average molecular weight is 301 g/mol. The lowest BCUT2D eigenvalue weighted by molar-refractivity contribution is 0.653. The van der Waals surface area contributed by atoms with Crippen LogP contribution in [0, 0.1) is 0 Å². The molecule has 102 valence electrons. The number of pyridine rings is 1. The fourth-order valence-electron chi connectivity index (χ4n) is 2.72. The number of thioether (sulfide) groups is 1. The van der Waals surface area contributed by atoms with E-state index in [1.54, 1.807) is 11.3 Å². The first kappa shape index (κ1) is 12.4. The van der Waals surface area contributed by atoms with Crippen molar-refractivity contribution in [1.29, 1.82) is 0 Å². The van der Waals surface area contributed by atoms with E-state index in [4.69, 9.17) is 4.98 Å². The predicted octanol–water partition coefficient (Wildman–Crippen LogP) is 4.06. The van der Waals surface area contributed by atoms with E-state index < -0.39 is 0 Å². The molecule has 0 spiro atoms. The van der Waals surface area contributed by atoms with Crippen LogP contribution >= 0.6 is 23.1 Å². The lowest BCUT2D eigenvalue weighted by Gasteiger charge is -2.12. The van der Waals surface area contributed by atoms with Crippen molar-refractivity contribution >= 4 is 34.3 Å². The van der Waals surface area contributed by atoms with Crippen LogP contribution < -0.4 is 0 Å². The summed E-state index contributed by atoms with van der Waals surface area (Å²) in [5.41, 5.74) is 2.02. The highest BCUT2D eigenvalue weighted by molar-refractivity contribution is 8.00. The molecule has 1 saturated heterocycles. The number of thiophene rings is 1. The molecule has 0 amide bonds. The zero-order valence-electron chi connectivity index (χ0n) is 11.0. The first-order chi connectivity index (χ1) is 9.92. The lowest BCUT2D eigenvalue weighted by atomic mass is 10.2. The van der Waals surface area contributed by atoms with Gasteiger partial charge in [-0.1, -0.05) is 6.07 Å². The summed E-state index contributed by atoms with van der Waals surface area (Å²) in [5.74, 6) is 2.36. The van der Waals surface area contributed by atoms with Gasteiger partial charge in [0.2, 0.25) is 0 Å². The van der Waals surface area contributed by atoms with Gasteiger partial charge < -0.3 is 4.57 Å². The highest BCUT2D eigenvalue weighted by Gasteiger charge is 2.21. The van der Waals surface area contributed by atoms with Crippen molar-refractivity contribution in [2.24, 2.45) is 0 Å². The molecule has 0 N–H and O–H groups in total. The molecule has 5 heteroatoms. The van der Waals surface area contributed by atoms with Crippen LogP contribution in [0.2, 0.25) is 0 Å². The third-order valence-corrected chi connectivity index (χ3v) is 5.90. The quantitative estimate of drug-likeness (QED) is 0.731. The van der Waals surface area contributed by atoms with Crippen molar-refractivity contribution in [2.45, 2.75) is 24.6 Å². The number of rotatable bonds is 3. The van der Waals surface area contributed by atoms with Crippen molar-refractivity contribution < 1.29 is 0 Å². The Morgan fingerprint density at radius 1 is 1.30 bits per heavy atom. The number of nitrogens with zero attached hydrogens (tertiary/aromatic N) is 3. The molecule has 0 aromatic carbocycles. The maximum Gasteiger partial charge on any atom is 0.160 e. The van der Waals surface area contributed by atoms with Gasteiger partial charge in [-0.3, -0.25) is 0 Å².